The molecular weight excluding hydrogens is 273 g/mol. The van der Waals surface area contributed by atoms with Crippen LogP contribution in [0, 0.1) is 17.7 Å². The predicted octanol–water partition coefficient (Wildman–Crippen LogP) is 2.74. The summed E-state index contributed by atoms with van der Waals surface area (Å²) in [6, 6.07) is 5.46. The lowest BCUT2D eigenvalue weighted by Gasteiger charge is -2.26. The molecule has 0 radical (unpaired) electrons. The molecule has 0 saturated heterocycles. The molecular formula is C16H22FNOS. The van der Waals surface area contributed by atoms with Crippen molar-refractivity contribution in [1.82, 2.24) is 4.90 Å². The Labute approximate surface area is 125 Å². The highest BCUT2D eigenvalue weighted by molar-refractivity contribution is 7.98. The summed E-state index contributed by atoms with van der Waals surface area (Å²) >= 11 is 1.81. The van der Waals surface area contributed by atoms with E-state index in [1.54, 1.807) is 12.1 Å². The van der Waals surface area contributed by atoms with Gasteiger partial charge in [0.1, 0.15) is 12.4 Å². The van der Waals surface area contributed by atoms with E-state index in [9.17, 15) is 4.39 Å². The molecule has 0 saturated carbocycles. The SMILES string of the molecule is CCC(CSC)N(C)Cc1ccc(C#CCO)cc1F. The Balaban J connectivity index is 2.77. The summed E-state index contributed by atoms with van der Waals surface area (Å²) in [5.74, 6) is 6.05. The highest BCUT2D eigenvalue weighted by atomic mass is 32.2. The van der Waals surface area contributed by atoms with Gasteiger partial charge in [-0.3, -0.25) is 4.90 Å². The molecule has 0 amide bonds. The number of nitrogens with zero attached hydrogens (tertiary/aromatic N) is 1. The first kappa shape index (κ1) is 17.0. The van der Waals surface area contributed by atoms with Gasteiger partial charge in [0.05, 0.1) is 0 Å². The summed E-state index contributed by atoms with van der Waals surface area (Å²) < 4.78 is 14.0. The van der Waals surface area contributed by atoms with Crippen LogP contribution in [0.1, 0.15) is 24.5 Å². The third-order valence-corrected chi connectivity index (χ3v) is 3.96. The molecule has 20 heavy (non-hydrogen) atoms. The van der Waals surface area contributed by atoms with Gasteiger partial charge < -0.3 is 5.11 Å². The van der Waals surface area contributed by atoms with E-state index in [-0.39, 0.29) is 12.4 Å². The maximum atomic E-state index is 14.0. The Morgan fingerprint density at radius 1 is 1.45 bits per heavy atom. The summed E-state index contributed by atoms with van der Waals surface area (Å²) in [6.07, 6.45) is 3.14. The second-order valence-electron chi connectivity index (χ2n) is 4.70. The molecule has 2 nitrogen and oxygen atoms in total. The number of aliphatic hydroxyl groups excluding tert-OH is 1. The smallest absolute Gasteiger partial charge is 0.128 e. The summed E-state index contributed by atoms with van der Waals surface area (Å²) in [7, 11) is 2.03. The molecule has 1 rings (SSSR count). The van der Waals surface area contributed by atoms with Crippen LogP contribution in [0.3, 0.4) is 0 Å². The van der Waals surface area contributed by atoms with Crippen LogP contribution in [0.2, 0.25) is 0 Å². The lowest BCUT2D eigenvalue weighted by atomic mass is 10.1. The van der Waals surface area contributed by atoms with Gasteiger partial charge in [0.15, 0.2) is 0 Å². The van der Waals surface area contributed by atoms with Crippen LogP contribution in [-0.4, -0.2) is 41.7 Å². The van der Waals surface area contributed by atoms with Crippen molar-refractivity contribution in [3.63, 3.8) is 0 Å². The third kappa shape index (κ3) is 5.16. The first-order chi connectivity index (χ1) is 9.62. The molecule has 1 aromatic carbocycles. The first-order valence-corrected chi connectivity index (χ1v) is 8.09. The maximum Gasteiger partial charge on any atom is 0.128 e. The Hall–Kier alpha value is -1.02. The van der Waals surface area contributed by atoms with Crippen LogP contribution >= 0.6 is 11.8 Å². The summed E-state index contributed by atoms with van der Waals surface area (Å²) in [6.45, 7) is 2.54. The first-order valence-electron chi connectivity index (χ1n) is 6.69. The quantitative estimate of drug-likeness (QED) is 0.816. The van der Waals surface area contributed by atoms with Crippen LogP contribution in [0.15, 0.2) is 18.2 Å². The molecule has 4 heteroatoms. The van der Waals surface area contributed by atoms with Crippen molar-refractivity contribution < 1.29 is 9.50 Å². The number of benzene rings is 1. The molecule has 0 aliphatic carbocycles. The third-order valence-electron chi connectivity index (χ3n) is 3.24. The second-order valence-corrected chi connectivity index (χ2v) is 5.61. The molecule has 0 heterocycles. The molecule has 1 N–H and O–H groups in total. The lowest BCUT2D eigenvalue weighted by molar-refractivity contribution is 0.244. The average Bonchev–Trinajstić information content (AvgIpc) is 2.44. The largest absolute Gasteiger partial charge is 0.384 e. The molecule has 1 aromatic rings. The lowest BCUT2D eigenvalue weighted by Crippen LogP contribution is -2.32. The van der Waals surface area contributed by atoms with E-state index in [1.807, 2.05) is 18.8 Å². The van der Waals surface area contributed by atoms with E-state index < -0.39 is 0 Å². The van der Waals surface area contributed by atoms with E-state index in [2.05, 4.69) is 29.9 Å². The predicted molar refractivity (Wildman–Crippen MR) is 84.3 cm³/mol. The highest BCUT2D eigenvalue weighted by Crippen LogP contribution is 2.16. The van der Waals surface area contributed by atoms with E-state index in [4.69, 9.17) is 5.11 Å². The summed E-state index contributed by atoms with van der Waals surface area (Å²) in [4.78, 5) is 2.19. The van der Waals surface area contributed by atoms with Gasteiger partial charge in [-0.25, -0.2) is 4.39 Å². The van der Waals surface area contributed by atoms with Gasteiger partial charge in [-0.1, -0.05) is 24.8 Å². The molecule has 1 unspecified atom stereocenters. The van der Waals surface area contributed by atoms with Crippen LogP contribution in [-0.2, 0) is 6.54 Å². The fourth-order valence-corrected chi connectivity index (χ4v) is 2.92. The molecule has 0 spiro atoms. The molecule has 0 bridgehead atoms. The Morgan fingerprint density at radius 3 is 2.75 bits per heavy atom. The molecule has 1 atom stereocenters. The summed E-state index contributed by atoms with van der Waals surface area (Å²) in [5.41, 5.74) is 1.28. The number of rotatable bonds is 6. The standard InChI is InChI=1S/C16H22FNOS/c1-4-15(12-20-3)18(2)11-14-8-7-13(6-5-9-19)10-16(14)17/h7-8,10,15,19H,4,9,11-12H2,1-3H3. The van der Waals surface area contributed by atoms with E-state index in [0.29, 0.717) is 23.7 Å². The normalized spacial score (nSPS) is 12.1. The Kier molecular flexibility index (Phi) is 7.68. The zero-order valence-electron chi connectivity index (χ0n) is 12.3. The van der Waals surface area contributed by atoms with Gasteiger partial charge >= 0.3 is 0 Å². The monoisotopic (exact) mass is 295 g/mol. The minimum absolute atomic E-state index is 0.209. The van der Waals surface area contributed by atoms with E-state index in [1.165, 1.54) is 6.07 Å². The molecule has 0 fully saturated rings. The van der Waals surface area contributed by atoms with Crippen molar-refractivity contribution in [3.05, 3.63) is 35.1 Å². The van der Waals surface area contributed by atoms with Gasteiger partial charge in [-0.2, -0.15) is 11.8 Å². The average molecular weight is 295 g/mol. The Bertz CT molecular complexity index is 481. The van der Waals surface area contributed by atoms with Crippen LogP contribution in [0.5, 0.6) is 0 Å². The topological polar surface area (TPSA) is 23.5 Å². The Morgan fingerprint density at radius 2 is 2.20 bits per heavy atom. The number of thioether (sulfide) groups is 1. The molecule has 0 aromatic heterocycles. The molecule has 110 valence electrons. The van der Waals surface area contributed by atoms with Crippen molar-refractivity contribution in [2.45, 2.75) is 25.9 Å². The fraction of sp³-hybridized carbons (Fsp3) is 0.500. The van der Waals surface area contributed by atoms with Gasteiger partial charge in [0, 0.05) is 29.5 Å². The van der Waals surface area contributed by atoms with Crippen molar-refractivity contribution in [2.24, 2.45) is 0 Å². The van der Waals surface area contributed by atoms with Crippen molar-refractivity contribution in [3.8, 4) is 11.8 Å². The van der Waals surface area contributed by atoms with E-state index in [0.717, 1.165) is 12.2 Å². The number of hydrogen-bond acceptors (Lipinski definition) is 3. The number of hydrogen-bond donors (Lipinski definition) is 1. The number of halogens is 1. The zero-order valence-corrected chi connectivity index (χ0v) is 13.1. The van der Waals surface area contributed by atoms with Crippen LogP contribution in [0.4, 0.5) is 4.39 Å². The molecule has 0 aliphatic rings. The van der Waals surface area contributed by atoms with Crippen molar-refractivity contribution in [1.29, 1.82) is 0 Å². The summed E-state index contributed by atoms with van der Waals surface area (Å²) in [5, 5.41) is 8.63. The van der Waals surface area contributed by atoms with Gasteiger partial charge in [0.2, 0.25) is 0 Å². The van der Waals surface area contributed by atoms with Crippen molar-refractivity contribution in [2.75, 3.05) is 25.7 Å². The van der Waals surface area contributed by atoms with Crippen LogP contribution in [0.25, 0.3) is 0 Å². The zero-order chi connectivity index (χ0) is 15.0. The van der Waals surface area contributed by atoms with Crippen LogP contribution < -0.4 is 0 Å². The minimum Gasteiger partial charge on any atom is -0.384 e. The highest BCUT2D eigenvalue weighted by Gasteiger charge is 2.14. The molecule has 0 aliphatic heterocycles. The minimum atomic E-state index is -0.236. The van der Waals surface area contributed by atoms with Gasteiger partial charge in [-0.05, 0) is 31.9 Å². The number of aliphatic hydroxyl groups is 1. The fourth-order valence-electron chi connectivity index (χ4n) is 2.04. The van der Waals surface area contributed by atoms with Crippen molar-refractivity contribution >= 4 is 11.8 Å². The van der Waals surface area contributed by atoms with Gasteiger partial charge in [-0.15, -0.1) is 0 Å². The second kappa shape index (κ2) is 9.02. The van der Waals surface area contributed by atoms with E-state index >= 15 is 0 Å². The van der Waals surface area contributed by atoms with Gasteiger partial charge in [0.25, 0.3) is 0 Å². The maximum absolute atomic E-state index is 14.0.